The first-order valence-electron chi connectivity index (χ1n) is 8.01. The standard InChI is InChI=1S/C20H15Cl2N3/c21-16-11-19(22)23-20(12-16)25-18(15-9-5-2-6-10-15)13-17(24-25)14-7-3-1-4-8-14/h1-12,18H,13H2. The number of hydrogen-bond acceptors (Lipinski definition) is 3. The van der Waals surface area contributed by atoms with Crippen LogP contribution in [0.15, 0.2) is 77.9 Å². The summed E-state index contributed by atoms with van der Waals surface area (Å²) in [5.41, 5.74) is 3.31. The normalized spacial score (nSPS) is 16.8. The van der Waals surface area contributed by atoms with Gasteiger partial charge < -0.3 is 0 Å². The van der Waals surface area contributed by atoms with E-state index in [1.807, 2.05) is 41.4 Å². The molecule has 0 saturated carbocycles. The molecule has 1 unspecified atom stereocenters. The van der Waals surface area contributed by atoms with E-state index in [0.29, 0.717) is 16.0 Å². The smallest absolute Gasteiger partial charge is 0.152 e. The zero-order chi connectivity index (χ0) is 17.2. The maximum absolute atomic E-state index is 6.18. The van der Waals surface area contributed by atoms with E-state index < -0.39 is 0 Å². The average Bonchev–Trinajstić information content (AvgIpc) is 3.08. The molecule has 0 saturated heterocycles. The lowest BCUT2D eigenvalue weighted by Crippen LogP contribution is -2.19. The van der Waals surface area contributed by atoms with Crippen LogP contribution in [0.2, 0.25) is 10.2 Å². The average molecular weight is 368 g/mol. The molecule has 1 aliphatic heterocycles. The first-order chi connectivity index (χ1) is 12.2. The SMILES string of the molecule is Clc1cc(Cl)nc(N2N=C(c3ccccc3)CC2c2ccccc2)c1. The van der Waals surface area contributed by atoms with Crippen LogP contribution >= 0.6 is 23.2 Å². The van der Waals surface area contributed by atoms with Crippen LogP contribution in [-0.4, -0.2) is 10.7 Å². The van der Waals surface area contributed by atoms with Gasteiger partial charge in [-0.1, -0.05) is 83.9 Å². The van der Waals surface area contributed by atoms with Crippen molar-refractivity contribution >= 4 is 34.7 Å². The van der Waals surface area contributed by atoms with Crippen LogP contribution in [0.5, 0.6) is 0 Å². The summed E-state index contributed by atoms with van der Waals surface area (Å²) < 4.78 is 0. The molecule has 4 rings (SSSR count). The third-order valence-electron chi connectivity index (χ3n) is 4.18. The number of halogens is 2. The molecule has 0 aliphatic carbocycles. The number of nitrogens with zero attached hydrogens (tertiary/aromatic N) is 3. The van der Waals surface area contributed by atoms with E-state index >= 15 is 0 Å². The van der Waals surface area contributed by atoms with Gasteiger partial charge in [-0.2, -0.15) is 5.10 Å². The van der Waals surface area contributed by atoms with Crippen molar-refractivity contribution in [2.24, 2.45) is 5.10 Å². The summed E-state index contributed by atoms with van der Waals surface area (Å²) in [6, 6.07) is 23.9. The largest absolute Gasteiger partial charge is 0.239 e. The summed E-state index contributed by atoms with van der Waals surface area (Å²) in [4.78, 5) is 4.42. The number of rotatable bonds is 3. The molecule has 0 N–H and O–H groups in total. The Morgan fingerprint density at radius 3 is 2.24 bits per heavy atom. The summed E-state index contributed by atoms with van der Waals surface area (Å²) in [6.45, 7) is 0. The van der Waals surface area contributed by atoms with Gasteiger partial charge in [-0.05, 0) is 17.2 Å². The zero-order valence-corrected chi connectivity index (χ0v) is 14.8. The van der Waals surface area contributed by atoms with Crippen LogP contribution in [0.25, 0.3) is 0 Å². The van der Waals surface area contributed by atoms with Gasteiger partial charge in [-0.3, -0.25) is 0 Å². The van der Waals surface area contributed by atoms with Crippen molar-refractivity contribution in [2.45, 2.75) is 12.5 Å². The van der Waals surface area contributed by atoms with Gasteiger partial charge >= 0.3 is 0 Å². The minimum atomic E-state index is 0.0541. The van der Waals surface area contributed by atoms with Crippen molar-refractivity contribution < 1.29 is 0 Å². The third kappa shape index (κ3) is 3.39. The van der Waals surface area contributed by atoms with Gasteiger partial charge in [0.05, 0.1) is 11.8 Å². The summed E-state index contributed by atoms with van der Waals surface area (Å²) in [5, 5.41) is 7.66. The number of hydrogen-bond donors (Lipinski definition) is 0. The Labute approximate surface area is 156 Å². The molecule has 0 fully saturated rings. The Balaban J connectivity index is 1.79. The molecule has 0 bridgehead atoms. The van der Waals surface area contributed by atoms with Gasteiger partial charge in [0.25, 0.3) is 0 Å². The molecule has 25 heavy (non-hydrogen) atoms. The zero-order valence-electron chi connectivity index (χ0n) is 13.3. The third-order valence-corrected chi connectivity index (χ3v) is 4.59. The molecule has 1 aromatic heterocycles. The quantitative estimate of drug-likeness (QED) is 0.551. The monoisotopic (exact) mass is 367 g/mol. The predicted molar refractivity (Wildman–Crippen MR) is 104 cm³/mol. The van der Waals surface area contributed by atoms with Gasteiger partial charge in [-0.25, -0.2) is 9.99 Å². The summed E-state index contributed by atoms with van der Waals surface area (Å²) >= 11 is 12.3. The van der Waals surface area contributed by atoms with Crippen molar-refractivity contribution in [3.63, 3.8) is 0 Å². The lowest BCUT2D eigenvalue weighted by atomic mass is 9.98. The number of aromatic nitrogens is 1. The van der Waals surface area contributed by atoms with Crippen LogP contribution < -0.4 is 5.01 Å². The van der Waals surface area contributed by atoms with Crippen LogP contribution in [-0.2, 0) is 0 Å². The van der Waals surface area contributed by atoms with Crippen molar-refractivity contribution in [1.82, 2.24) is 4.98 Å². The molecule has 0 amide bonds. The lowest BCUT2D eigenvalue weighted by Gasteiger charge is -2.23. The molecule has 1 atom stereocenters. The van der Waals surface area contributed by atoms with Gasteiger partial charge in [0.15, 0.2) is 5.82 Å². The van der Waals surface area contributed by atoms with Gasteiger partial charge in [-0.15, -0.1) is 0 Å². The fourth-order valence-electron chi connectivity index (χ4n) is 3.03. The topological polar surface area (TPSA) is 28.5 Å². The number of pyridine rings is 1. The van der Waals surface area contributed by atoms with Crippen LogP contribution in [0.4, 0.5) is 5.82 Å². The molecular formula is C20H15Cl2N3. The molecule has 0 spiro atoms. The lowest BCUT2D eigenvalue weighted by molar-refractivity contribution is 0.699. The maximum atomic E-state index is 6.18. The van der Waals surface area contributed by atoms with E-state index in [-0.39, 0.29) is 6.04 Å². The molecule has 124 valence electrons. The fraction of sp³-hybridized carbons (Fsp3) is 0.100. The van der Waals surface area contributed by atoms with E-state index in [0.717, 1.165) is 17.7 Å². The van der Waals surface area contributed by atoms with Crippen LogP contribution in [0.3, 0.4) is 0 Å². The molecule has 0 radical (unpaired) electrons. The van der Waals surface area contributed by atoms with E-state index in [1.165, 1.54) is 5.56 Å². The Morgan fingerprint density at radius 2 is 1.56 bits per heavy atom. The number of hydrazone groups is 1. The highest BCUT2D eigenvalue weighted by molar-refractivity contribution is 6.34. The Kier molecular flexibility index (Phi) is 4.43. The van der Waals surface area contributed by atoms with Crippen LogP contribution in [0, 0.1) is 0 Å². The van der Waals surface area contributed by atoms with Gasteiger partial charge in [0.2, 0.25) is 0 Å². The van der Waals surface area contributed by atoms with Crippen molar-refractivity contribution in [3.05, 3.63) is 94.1 Å². The Morgan fingerprint density at radius 1 is 0.880 bits per heavy atom. The first kappa shape index (κ1) is 16.1. The number of anilines is 1. The van der Waals surface area contributed by atoms with E-state index in [4.69, 9.17) is 28.3 Å². The molecule has 2 aromatic carbocycles. The number of benzene rings is 2. The van der Waals surface area contributed by atoms with E-state index in [1.54, 1.807) is 12.1 Å². The first-order valence-corrected chi connectivity index (χ1v) is 8.76. The second-order valence-corrected chi connectivity index (χ2v) is 6.68. The Bertz CT molecular complexity index is 890. The van der Waals surface area contributed by atoms with Crippen molar-refractivity contribution in [1.29, 1.82) is 0 Å². The summed E-state index contributed by atoms with van der Waals surface area (Å²) in [5.74, 6) is 0.650. The highest BCUT2D eigenvalue weighted by Gasteiger charge is 2.30. The second kappa shape index (κ2) is 6.87. The molecule has 1 aliphatic rings. The maximum Gasteiger partial charge on any atom is 0.152 e. The van der Waals surface area contributed by atoms with Crippen molar-refractivity contribution in [3.8, 4) is 0 Å². The molecule has 3 nitrogen and oxygen atoms in total. The minimum Gasteiger partial charge on any atom is -0.239 e. The molecule has 2 heterocycles. The van der Waals surface area contributed by atoms with Crippen molar-refractivity contribution in [2.75, 3.05) is 5.01 Å². The molecular weight excluding hydrogens is 353 g/mol. The summed E-state index contributed by atoms with van der Waals surface area (Å²) in [7, 11) is 0. The van der Waals surface area contributed by atoms with Gasteiger partial charge in [0, 0.05) is 17.5 Å². The predicted octanol–water partition coefficient (Wildman–Crippen LogP) is 5.74. The van der Waals surface area contributed by atoms with Gasteiger partial charge in [0.1, 0.15) is 5.15 Å². The van der Waals surface area contributed by atoms with Crippen LogP contribution in [0.1, 0.15) is 23.6 Å². The fourth-order valence-corrected chi connectivity index (χ4v) is 3.49. The van der Waals surface area contributed by atoms with E-state index in [9.17, 15) is 0 Å². The Hall–Kier alpha value is -2.36. The summed E-state index contributed by atoms with van der Waals surface area (Å²) in [6.07, 6.45) is 0.792. The minimum absolute atomic E-state index is 0.0541. The highest BCUT2D eigenvalue weighted by Crippen LogP contribution is 2.37. The van der Waals surface area contributed by atoms with E-state index in [2.05, 4.69) is 29.2 Å². The molecule has 3 aromatic rings. The highest BCUT2D eigenvalue weighted by atomic mass is 35.5. The second-order valence-electron chi connectivity index (χ2n) is 5.85. The molecule has 5 heteroatoms.